The molecule has 2 N–H and O–H groups in total. The third-order valence-electron chi connectivity index (χ3n) is 12.6. The first-order chi connectivity index (χ1) is 35.3. The maximum Gasteiger partial charge on any atom is 0.269 e. The first-order valence-corrected chi connectivity index (χ1v) is 25.0. The predicted molar refractivity (Wildman–Crippen MR) is 276 cm³/mol. The minimum atomic E-state index is -0.856. The van der Waals surface area contributed by atoms with Gasteiger partial charge in [-0.3, -0.25) is 24.5 Å². The van der Waals surface area contributed by atoms with E-state index >= 15 is 0 Å². The van der Waals surface area contributed by atoms with Crippen LogP contribution in [0.3, 0.4) is 0 Å². The summed E-state index contributed by atoms with van der Waals surface area (Å²) in [6.07, 6.45) is 4.62. The van der Waals surface area contributed by atoms with Gasteiger partial charge in [0.15, 0.2) is 5.76 Å². The number of aliphatic hydroxyl groups excluding tert-OH is 1. The van der Waals surface area contributed by atoms with Gasteiger partial charge in [-0.1, -0.05) is 80.6 Å². The number of ether oxygens (including phenoxy) is 4. The summed E-state index contributed by atoms with van der Waals surface area (Å²) in [6, 6.07) is 29.8. The lowest BCUT2D eigenvalue weighted by atomic mass is 9.91. The fourth-order valence-corrected chi connectivity index (χ4v) is 9.62. The summed E-state index contributed by atoms with van der Waals surface area (Å²) in [5, 5.41) is 28.7. The Morgan fingerprint density at radius 1 is 0.932 bits per heavy atom. The van der Waals surface area contributed by atoms with Crippen LogP contribution in [0.4, 0.5) is 11.4 Å². The SMILES string of the molecule is Cc1ncsc1-c1ccc(C(C)NC(=O)[C@@H]2C[C@@H](O)CN2C(=O)C(c2cc(OCCOCCOCCOc3ccc(CN4C(=O)/C(=C\C=C\c5ccc([N+](=O)[O-])cc5)c5ccccc54)cc3)no2)C(C)C)cc1. The standard InChI is InChI=1S/C55H58N6O11S/c1-35(2)51(55(65)60-33-43(62)30-48(60)53(63)57-36(3)40-16-18-41(19-17-40)52-37(4)56-34-73-52)49-31-50(58-72-49)71-29-27-69-25-24-68-26-28-70-44-22-14-39(15-23-44)32-59-47-11-6-5-9-45(47)46(54(59)64)10-7-8-38-12-20-42(21-13-38)61(66)67/h5-23,31,34-36,43,48,51,62H,24-30,32-33H2,1-4H3,(H,57,63)/b8-7+,46-10-/t36?,43-,48+,51?/m1/s1. The monoisotopic (exact) mass is 1010 g/mol. The average Bonchev–Trinajstić information content (AvgIpc) is 4.19. The highest BCUT2D eigenvalue weighted by molar-refractivity contribution is 7.13. The summed E-state index contributed by atoms with van der Waals surface area (Å²) in [6.45, 7) is 9.80. The molecule has 0 spiro atoms. The summed E-state index contributed by atoms with van der Waals surface area (Å²) >= 11 is 1.58. The molecule has 380 valence electrons. The number of β-amino-alcohol motifs (C(OH)–C–C–N with tert-alkyl or cyclic N) is 1. The fraction of sp³-hybridized carbons (Fsp3) is 0.327. The first kappa shape index (κ1) is 51.8. The van der Waals surface area contributed by atoms with Crippen LogP contribution >= 0.6 is 11.3 Å². The van der Waals surface area contributed by atoms with Crippen molar-refractivity contribution in [3.05, 3.63) is 165 Å². The number of anilines is 1. The van der Waals surface area contributed by atoms with E-state index in [4.69, 9.17) is 23.5 Å². The normalized spacial score (nSPS) is 16.8. The molecule has 1 fully saturated rings. The number of nitro benzene ring substituents is 1. The van der Waals surface area contributed by atoms with Crippen molar-refractivity contribution in [2.45, 2.75) is 64.8 Å². The number of fused-ring (bicyclic) bond motifs is 1. The van der Waals surface area contributed by atoms with E-state index in [9.17, 15) is 29.6 Å². The molecule has 0 aliphatic carbocycles. The maximum atomic E-state index is 14.1. The number of amides is 3. The first-order valence-electron chi connectivity index (χ1n) is 24.1. The number of para-hydroxylation sites is 1. The van der Waals surface area contributed by atoms with Crippen molar-refractivity contribution in [3.8, 4) is 22.1 Å². The molecule has 2 aliphatic rings. The number of thiazole rings is 1. The van der Waals surface area contributed by atoms with Crippen molar-refractivity contribution in [2.24, 2.45) is 5.92 Å². The molecule has 1 saturated heterocycles. The van der Waals surface area contributed by atoms with Crippen molar-refractivity contribution in [1.29, 1.82) is 0 Å². The third-order valence-corrected chi connectivity index (χ3v) is 13.6. The number of allylic oxidation sites excluding steroid dienone is 2. The highest BCUT2D eigenvalue weighted by Crippen LogP contribution is 2.38. The molecule has 0 radical (unpaired) electrons. The molecule has 2 aromatic heterocycles. The van der Waals surface area contributed by atoms with E-state index in [-0.39, 0.29) is 67.4 Å². The van der Waals surface area contributed by atoms with E-state index in [0.29, 0.717) is 50.1 Å². The van der Waals surface area contributed by atoms with Gasteiger partial charge in [-0.05, 0) is 83.6 Å². The van der Waals surface area contributed by atoms with Crippen LogP contribution in [0.25, 0.3) is 22.1 Å². The van der Waals surface area contributed by atoms with E-state index in [1.165, 1.54) is 17.0 Å². The molecule has 2 aliphatic heterocycles. The lowest BCUT2D eigenvalue weighted by molar-refractivity contribution is -0.384. The zero-order valence-electron chi connectivity index (χ0n) is 41.0. The zero-order chi connectivity index (χ0) is 51.4. The Bertz CT molecular complexity index is 2920. The summed E-state index contributed by atoms with van der Waals surface area (Å²) in [4.78, 5) is 60.5. The van der Waals surface area contributed by atoms with Gasteiger partial charge < -0.3 is 43.7 Å². The van der Waals surface area contributed by atoms with E-state index in [1.54, 1.807) is 52.7 Å². The number of hydrogen-bond donors (Lipinski definition) is 2. The second-order valence-corrected chi connectivity index (χ2v) is 18.9. The molecule has 4 atom stereocenters. The number of carbonyl (C=O) groups is 3. The molecule has 8 rings (SSSR count). The van der Waals surface area contributed by atoms with Crippen molar-refractivity contribution in [2.75, 3.05) is 51.1 Å². The molecule has 6 aromatic rings. The molecule has 73 heavy (non-hydrogen) atoms. The molecule has 18 heteroatoms. The van der Waals surface area contributed by atoms with Crippen molar-refractivity contribution in [3.63, 3.8) is 0 Å². The number of nitrogens with zero attached hydrogens (tertiary/aromatic N) is 5. The Kier molecular flexibility index (Phi) is 17.2. The number of aliphatic hydroxyl groups is 1. The van der Waals surface area contributed by atoms with E-state index < -0.39 is 23.0 Å². The third kappa shape index (κ3) is 12.9. The van der Waals surface area contributed by atoms with Crippen LogP contribution < -0.4 is 19.7 Å². The Labute approximate surface area is 427 Å². The van der Waals surface area contributed by atoms with Gasteiger partial charge in [0.1, 0.15) is 30.9 Å². The summed E-state index contributed by atoms with van der Waals surface area (Å²) in [7, 11) is 0. The Balaban J connectivity index is 0.721. The molecule has 4 aromatic carbocycles. The molecule has 3 amide bonds. The van der Waals surface area contributed by atoms with Gasteiger partial charge >= 0.3 is 0 Å². The van der Waals surface area contributed by atoms with Gasteiger partial charge in [0, 0.05) is 42.3 Å². The largest absolute Gasteiger partial charge is 0.491 e. The topological polar surface area (TPSA) is 209 Å². The smallest absolute Gasteiger partial charge is 0.269 e. The summed E-state index contributed by atoms with van der Waals surface area (Å²) in [5.74, 6) is -0.611. The van der Waals surface area contributed by atoms with Crippen molar-refractivity contribution in [1.82, 2.24) is 20.4 Å². The van der Waals surface area contributed by atoms with Crippen molar-refractivity contribution >= 4 is 52.1 Å². The van der Waals surface area contributed by atoms with Gasteiger partial charge in [0.25, 0.3) is 17.5 Å². The molecule has 2 unspecified atom stereocenters. The number of nitro groups is 1. The van der Waals surface area contributed by atoms with Crippen LogP contribution in [0.15, 0.2) is 125 Å². The molecular weight excluding hydrogens is 953 g/mol. The van der Waals surface area contributed by atoms with E-state index in [2.05, 4.69) is 15.5 Å². The highest BCUT2D eigenvalue weighted by Gasteiger charge is 2.43. The second kappa shape index (κ2) is 24.3. The zero-order valence-corrected chi connectivity index (χ0v) is 41.9. The number of carbonyl (C=O) groups excluding carboxylic acids is 3. The van der Waals surface area contributed by atoms with Gasteiger partial charge in [0.2, 0.25) is 11.8 Å². The second-order valence-electron chi connectivity index (χ2n) is 18.1. The highest BCUT2D eigenvalue weighted by atomic mass is 32.1. The Morgan fingerprint density at radius 3 is 2.32 bits per heavy atom. The number of benzene rings is 4. The Morgan fingerprint density at radius 2 is 1.63 bits per heavy atom. The van der Waals surface area contributed by atoms with E-state index in [0.717, 1.165) is 44.1 Å². The number of likely N-dealkylation sites (tertiary alicyclic amines) is 1. The van der Waals surface area contributed by atoms with E-state index in [1.807, 2.05) is 106 Å². The lowest BCUT2D eigenvalue weighted by Gasteiger charge is -2.29. The van der Waals surface area contributed by atoms with Gasteiger partial charge in [-0.2, -0.15) is 0 Å². The minimum absolute atomic E-state index is 0.0170. The number of hydrogen-bond acceptors (Lipinski definition) is 14. The predicted octanol–water partition coefficient (Wildman–Crippen LogP) is 8.73. The fourth-order valence-electron chi connectivity index (χ4n) is 8.81. The summed E-state index contributed by atoms with van der Waals surface area (Å²) < 4.78 is 28.6. The van der Waals surface area contributed by atoms with Crippen LogP contribution in [0, 0.1) is 23.0 Å². The van der Waals surface area contributed by atoms with Gasteiger partial charge in [-0.15, -0.1) is 11.3 Å². The van der Waals surface area contributed by atoms with Crippen LogP contribution in [0.5, 0.6) is 11.6 Å². The quantitative estimate of drug-likeness (QED) is 0.0267. The average molecular weight is 1010 g/mol. The van der Waals surface area contributed by atoms with Gasteiger partial charge in [0.05, 0.1) is 71.8 Å². The number of rotatable bonds is 23. The van der Waals surface area contributed by atoms with Crippen LogP contribution in [-0.4, -0.2) is 101 Å². The Hall–Kier alpha value is -7.51. The molecule has 17 nitrogen and oxygen atoms in total. The molecule has 4 heterocycles. The number of non-ortho nitro benzene ring substituents is 1. The molecule has 0 saturated carbocycles. The number of aromatic nitrogens is 2. The minimum Gasteiger partial charge on any atom is -0.491 e. The number of aryl methyl sites for hydroxylation is 1. The van der Waals surface area contributed by atoms with Crippen molar-refractivity contribution < 1.29 is 47.9 Å². The maximum absolute atomic E-state index is 14.1. The molecule has 0 bridgehead atoms. The van der Waals surface area contributed by atoms with Crippen LogP contribution in [0.2, 0.25) is 0 Å². The van der Waals surface area contributed by atoms with Crippen LogP contribution in [0.1, 0.15) is 72.9 Å². The molecular formula is C55H58N6O11S. The summed E-state index contributed by atoms with van der Waals surface area (Å²) in [5.41, 5.74) is 8.69. The number of nitrogens with one attached hydrogen (secondary N) is 1. The van der Waals surface area contributed by atoms with Gasteiger partial charge in [-0.25, -0.2) is 4.98 Å². The van der Waals surface area contributed by atoms with Crippen LogP contribution in [-0.2, 0) is 30.4 Å². The lowest BCUT2D eigenvalue weighted by Crippen LogP contribution is -2.48.